The van der Waals surface area contributed by atoms with Crippen LogP contribution in [0, 0.1) is 5.92 Å². The fourth-order valence-corrected chi connectivity index (χ4v) is 6.74. The molecule has 2 atom stereocenters. The molecule has 5 rings (SSSR count). The molecule has 0 amide bonds. The molecule has 7 nitrogen and oxygen atoms in total. The normalized spacial score (nSPS) is 22.4. The molecule has 1 aliphatic carbocycles. The number of aromatic nitrogens is 2. The predicted octanol–water partition coefficient (Wildman–Crippen LogP) is 6.16. The van der Waals surface area contributed by atoms with Gasteiger partial charge in [0.2, 0.25) is 0 Å². The van der Waals surface area contributed by atoms with E-state index >= 15 is 0 Å². The number of carbonyl (C=O) groups is 2. The summed E-state index contributed by atoms with van der Waals surface area (Å²) in [6.07, 6.45) is 5.58. The Labute approximate surface area is 225 Å². The minimum Gasteiger partial charge on any atom is -0.495 e. The number of imidazole rings is 1. The van der Waals surface area contributed by atoms with Crippen LogP contribution in [0.15, 0.2) is 41.6 Å². The van der Waals surface area contributed by atoms with Crippen LogP contribution < -0.4 is 9.47 Å². The number of methoxy groups -OCH3 is 1. The average molecular weight is 543 g/mol. The summed E-state index contributed by atoms with van der Waals surface area (Å²) in [7, 11) is 1.58. The van der Waals surface area contributed by atoms with E-state index in [0.29, 0.717) is 35.4 Å². The number of ketones is 1. The van der Waals surface area contributed by atoms with Gasteiger partial charge < -0.3 is 19.2 Å². The van der Waals surface area contributed by atoms with Crippen molar-refractivity contribution in [3.05, 3.63) is 47.0 Å². The maximum absolute atomic E-state index is 13.5. The Kier molecular flexibility index (Phi) is 7.67. The molecule has 196 valence electrons. The number of esters is 1. The molecule has 3 aromatic rings. The third-order valence-corrected chi connectivity index (χ3v) is 8.81. The molecule has 2 heterocycles. The van der Waals surface area contributed by atoms with Gasteiger partial charge >= 0.3 is 5.97 Å². The molecule has 1 aliphatic heterocycles. The third kappa shape index (κ3) is 5.46. The summed E-state index contributed by atoms with van der Waals surface area (Å²) in [5, 5.41) is 0.124. The van der Waals surface area contributed by atoms with E-state index in [2.05, 4.69) is 9.97 Å². The number of nitrogens with zero attached hydrogens (tertiary/aromatic N) is 1. The monoisotopic (exact) mass is 542 g/mol. The number of hydrogen-bond acceptors (Lipinski definition) is 7. The van der Waals surface area contributed by atoms with Gasteiger partial charge in [-0.25, -0.2) is 4.98 Å². The highest BCUT2D eigenvalue weighted by Gasteiger charge is 2.52. The molecule has 2 unspecified atom stereocenters. The zero-order valence-electron chi connectivity index (χ0n) is 21.1. The van der Waals surface area contributed by atoms with Gasteiger partial charge in [-0.1, -0.05) is 42.3 Å². The fourth-order valence-electron chi connectivity index (χ4n) is 5.56. The second kappa shape index (κ2) is 11.0. The van der Waals surface area contributed by atoms with E-state index < -0.39 is 16.8 Å². The van der Waals surface area contributed by atoms with Gasteiger partial charge in [-0.2, -0.15) is 0 Å². The first-order valence-corrected chi connectivity index (χ1v) is 14.0. The average Bonchev–Trinajstić information content (AvgIpc) is 3.56. The minimum atomic E-state index is -0.933. The first kappa shape index (κ1) is 25.9. The molecule has 37 heavy (non-hydrogen) atoms. The number of aryl methyl sites for hydroxylation is 1. The van der Waals surface area contributed by atoms with E-state index in [1.54, 1.807) is 7.11 Å². The van der Waals surface area contributed by atoms with Crippen molar-refractivity contribution >= 4 is 46.1 Å². The van der Waals surface area contributed by atoms with Gasteiger partial charge in [0, 0.05) is 12.5 Å². The highest BCUT2D eigenvalue weighted by Crippen LogP contribution is 2.46. The first-order valence-electron chi connectivity index (χ1n) is 12.8. The summed E-state index contributed by atoms with van der Waals surface area (Å²) in [6, 6.07) is 11.3. The van der Waals surface area contributed by atoms with Crippen LogP contribution in [0.4, 0.5) is 0 Å². The second-order valence-corrected chi connectivity index (χ2v) is 11.2. The molecule has 1 N–H and O–H groups in total. The largest absolute Gasteiger partial charge is 0.495 e. The molecular weight excluding hydrogens is 512 g/mol. The van der Waals surface area contributed by atoms with Crippen LogP contribution in [0.25, 0.3) is 11.0 Å². The highest BCUT2D eigenvalue weighted by molar-refractivity contribution is 8.01. The topological polar surface area (TPSA) is 90.5 Å². The molecule has 0 radical (unpaired) electrons. The van der Waals surface area contributed by atoms with Crippen molar-refractivity contribution in [2.45, 2.75) is 67.9 Å². The van der Waals surface area contributed by atoms with Gasteiger partial charge in [-0.05, 0) is 68.4 Å². The maximum Gasteiger partial charge on any atom is 0.327 e. The van der Waals surface area contributed by atoms with Crippen LogP contribution in [-0.2, 0) is 20.7 Å². The Hall–Kier alpha value is -2.71. The van der Waals surface area contributed by atoms with Crippen molar-refractivity contribution in [1.82, 2.24) is 9.97 Å². The molecule has 1 aromatic heterocycles. The smallest absolute Gasteiger partial charge is 0.327 e. The van der Waals surface area contributed by atoms with E-state index in [1.165, 1.54) is 0 Å². The zero-order chi connectivity index (χ0) is 26.0. The lowest BCUT2D eigenvalue weighted by Crippen LogP contribution is -2.53. The molecular formula is C28H31ClN2O5S. The van der Waals surface area contributed by atoms with Gasteiger partial charge in [0.15, 0.2) is 16.2 Å². The highest BCUT2D eigenvalue weighted by atomic mass is 35.5. The summed E-state index contributed by atoms with van der Waals surface area (Å²) >= 11 is 7.45. The predicted molar refractivity (Wildman–Crippen MR) is 144 cm³/mol. The number of halogens is 1. The zero-order valence-corrected chi connectivity index (χ0v) is 22.6. The Bertz CT molecular complexity index is 1280. The summed E-state index contributed by atoms with van der Waals surface area (Å²) in [6.45, 7) is 2.49. The number of ether oxygens (including phenoxy) is 3. The molecule has 1 saturated heterocycles. The summed E-state index contributed by atoms with van der Waals surface area (Å²) in [4.78, 5) is 34.6. The number of H-pyrrole nitrogens is 1. The van der Waals surface area contributed by atoms with E-state index in [-0.39, 0.29) is 18.1 Å². The first-order chi connectivity index (χ1) is 17.9. The van der Waals surface area contributed by atoms with Crippen LogP contribution in [0.1, 0.15) is 51.0 Å². The molecule has 9 heteroatoms. The third-order valence-electron chi connectivity index (χ3n) is 7.41. The number of aromatic amines is 1. The van der Waals surface area contributed by atoms with Crippen LogP contribution in [0.5, 0.6) is 11.5 Å². The molecule has 0 bridgehead atoms. The van der Waals surface area contributed by atoms with E-state index in [9.17, 15) is 9.59 Å². The van der Waals surface area contributed by atoms with Gasteiger partial charge in [-0.15, -0.1) is 0 Å². The van der Waals surface area contributed by atoms with Crippen molar-refractivity contribution in [3.63, 3.8) is 0 Å². The number of benzene rings is 2. The molecule has 2 aliphatic rings. The lowest BCUT2D eigenvalue weighted by molar-refractivity contribution is -0.177. The van der Waals surface area contributed by atoms with E-state index in [4.69, 9.17) is 25.8 Å². The Balaban J connectivity index is 1.33. The number of carbonyl (C=O) groups excluding carboxylic acids is 2. The lowest BCUT2D eigenvalue weighted by Gasteiger charge is -2.42. The van der Waals surface area contributed by atoms with Gasteiger partial charge in [0.05, 0.1) is 29.8 Å². The molecule has 2 aromatic carbocycles. The number of nitrogens with one attached hydrogen (secondary N) is 1. The lowest BCUT2D eigenvalue weighted by atomic mass is 9.76. The van der Waals surface area contributed by atoms with Crippen LogP contribution in [-0.4, -0.2) is 46.3 Å². The molecule has 0 spiro atoms. The van der Waals surface area contributed by atoms with Crippen molar-refractivity contribution in [2.24, 2.45) is 5.92 Å². The van der Waals surface area contributed by atoms with Crippen LogP contribution in [0.3, 0.4) is 0 Å². The van der Waals surface area contributed by atoms with Gasteiger partial charge in [0.1, 0.15) is 17.1 Å². The van der Waals surface area contributed by atoms with Gasteiger partial charge in [-0.3, -0.25) is 9.59 Å². The Morgan fingerprint density at radius 2 is 2.00 bits per heavy atom. The fraction of sp³-hybridized carbons (Fsp3) is 0.464. The molecule has 2 fully saturated rings. The number of cyclic esters (lactones) is 1. The maximum atomic E-state index is 13.5. The van der Waals surface area contributed by atoms with Crippen molar-refractivity contribution in [3.8, 4) is 11.5 Å². The Morgan fingerprint density at radius 3 is 2.70 bits per heavy atom. The number of hydrogen-bond donors (Lipinski definition) is 1. The summed E-state index contributed by atoms with van der Waals surface area (Å²) in [5.74, 6) is 0.966. The SMILES string of the molecule is CCOc1ccc2nc(SC3C(=O)CC(CCc4ccc(OC)c(Cl)c4)(C4CCCC4)OC3=O)[nH]c2c1. The quantitative estimate of drug-likeness (QED) is 0.256. The summed E-state index contributed by atoms with van der Waals surface area (Å²) < 4.78 is 17.0. The second-order valence-electron chi connectivity index (χ2n) is 9.73. The van der Waals surface area contributed by atoms with Gasteiger partial charge in [0.25, 0.3) is 0 Å². The van der Waals surface area contributed by atoms with E-state index in [0.717, 1.165) is 59.8 Å². The number of Topliss-reactive ketones (excluding diaryl/α,β-unsaturated/α-hetero) is 1. The van der Waals surface area contributed by atoms with Crippen molar-refractivity contribution in [1.29, 1.82) is 0 Å². The van der Waals surface area contributed by atoms with Crippen LogP contribution in [0.2, 0.25) is 5.02 Å². The van der Waals surface area contributed by atoms with Crippen molar-refractivity contribution < 1.29 is 23.8 Å². The number of thioether (sulfide) groups is 1. The van der Waals surface area contributed by atoms with E-state index in [1.807, 2.05) is 43.3 Å². The minimum absolute atomic E-state index is 0.101. The number of fused-ring (bicyclic) bond motifs is 1. The Morgan fingerprint density at radius 1 is 1.19 bits per heavy atom. The number of rotatable bonds is 9. The van der Waals surface area contributed by atoms with Crippen LogP contribution >= 0.6 is 23.4 Å². The molecule has 1 saturated carbocycles. The standard InChI is InChI=1S/C28H31ClN2O5S/c1-3-35-19-9-10-21-22(15-19)31-27(30-21)37-25-23(32)16-28(36-26(25)33,18-6-4-5-7-18)13-12-17-8-11-24(34-2)20(29)14-17/h8-11,14-15,18,25H,3-7,12-13,16H2,1-2H3,(H,30,31). The summed E-state index contributed by atoms with van der Waals surface area (Å²) in [5.41, 5.74) is 1.79. The van der Waals surface area contributed by atoms with Crippen molar-refractivity contribution in [2.75, 3.05) is 13.7 Å².